The number of nitrogens with two attached hydrogens (primary N) is 1. The van der Waals surface area contributed by atoms with Gasteiger partial charge in [-0.05, 0) is 44.2 Å². The highest BCUT2D eigenvalue weighted by Gasteiger charge is 2.07. The summed E-state index contributed by atoms with van der Waals surface area (Å²) in [6, 6.07) is 9.05. The van der Waals surface area contributed by atoms with Gasteiger partial charge in [0.2, 0.25) is 0 Å². The molecule has 2 rings (SSSR count). The van der Waals surface area contributed by atoms with Crippen LogP contribution >= 0.6 is 0 Å². The molecule has 1 aromatic heterocycles. The molecule has 0 aliphatic heterocycles. The second-order valence-corrected chi connectivity index (χ2v) is 4.55. The SMILES string of the molecule is COc1ccc(-c2cc(=O)n(CCCN)c(C)n2)cc1. The van der Waals surface area contributed by atoms with E-state index in [0.29, 0.717) is 24.6 Å². The second-order valence-electron chi connectivity index (χ2n) is 4.55. The van der Waals surface area contributed by atoms with E-state index in [1.807, 2.05) is 31.2 Å². The molecule has 2 N–H and O–H groups in total. The van der Waals surface area contributed by atoms with Gasteiger partial charge in [0.15, 0.2) is 0 Å². The van der Waals surface area contributed by atoms with Gasteiger partial charge in [0.05, 0.1) is 12.8 Å². The van der Waals surface area contributed by atoms with Crippen LogP contribution in [-0.2, 0) is 6.54 Å². The van der Waals surface area contributed by atoms with Gasteiger partial charge in [0.25, 0.3) is 5.56 Å². The summed E-state index contributed by atoms with van der Waals surface area (Å²) in [7, 11) is 1.62. The Balaban J connectivity index is 2.35. The Bertz CT molecular complexity index is 633. The van der Waals surface area contributed by atoms with Gasteiger partial charge in [-0.3, -0.25) is 9.36 Å². The fourth-order valence-corrected chi connectivity index (χ4v) is 2.05. The molecule has 2 aromatic rings. The lowest BCUT2D eigenvalue weighted by Gasteiger charge is -2.10. The molecule has 0 aliphatic carbocycles. The van der Waals surface area contributed by atoms with Gasteiger partial charge >= 0.3 is 0 Å². The van der Waals surface area contributed by atoms with Gasteiger partial charge < -0.3 is 10.5 Å². The highest BCUT2D eigenvalue weighted by atomic mass is 16.5. The van der Waals surface area contributed by atoms with Gasteiger partial charge in [-0.1, -0.05) is 0 Å². The van der Waals surface area contributed by atoms with Crippen LogP contribution in [0.2, 0.25) is 0 Å². The molecule has 0 radical (unpaired) electrons. The predicted octanol–water partition coefficient (Wildman–Crippen LogP) is 1.58. The van der Waals surface area contributed by atoms with Gasteiger partial charge in [-0.25, -0.2) is 4.98 Å². The molecule has 1 heterocycles. The van der Waals surface area contributed by atoms with Crippen molar-refractivity contribution in [2.24, 2.45) is 5.73 Å². The van der Waals surface area contributed by atoms with Gasteiger partial charge in [0.1, 0.15) is 11.6 Å². The van der Waals surface area contributed by atoms with E-state index < -0.39 is 0 Å². The smallest absolute Gasteiger partial charge is 0.254 e. The number of nitrogens with zero attached hydrogens (tertiary/aromatic N) is 2. The van der Waals surface area contributed by atoms with E-state index in [-0.39, 0.29) is 5.56 Å². The minimum absolute atomic E-state index is 0.0447. The van der Waals surface area contributed by atoms with Crippen molar-refractivity contribution < 1.29 is 4.74 Å². The molecule has 0 fully saturated rings. The molecule has 0 saturated carbocycles. The molecule has 0 atom stereocenters. The third-order valence-corrected chi connectivity index (χ3v) is 3.17. The van der Waals surface area contributed by atoms with Crippen molar-refractivity contribution in [3.05, 3.63) is 46.5 Å². The molecule has 106 valence electrons. The first-order chi connectivity index (χ1) is 9.65. The van der Waals surface area contributed by atoms with Crippen molar-refractivity contribution in [3.63, 3.8) is 0 Å². The quantitative estimate of drug-likeness (QED) is 0.897. The van der Waals surface area contributed by atoms with E-state index in [1.165, 1.54) is 0 Å². The summed E-state index contributed by atoms with van der Waals surface area (Å²) in [6.07, 6.45) is 0.768. The van der Waals surface area contributed by atoms with Crippen LogP contribution < -0.4 is 16.0 Å². The average Bonchev–Trinajstić information content (AvgIpc) is 2.46. The fourth-order valence-electron chi connectivity index (χ4n) is 2.05. The zero-order valence-electron chi connectivity index (χ0n) is 11.8. The summed E-state index contributed by atoms with van der Waals surface area (Å²) in [6.45, 7) is 3.01. The summed E-state index contributed by atoms with van der Waals surface area (Å²) < 4.78 is 6.77. The molecule has 1 aromatic carbocycles. The maximum Gasteiger partial charge on any atom is 0.254 e. The molecule has 0 spiro atoms. The van der Waals surface area contributed by atoms with Crippen LogP contribution in [0, 0.1) is 6.92 Å². The Kier molecular flexibility index (Phi) is 4.53. The third-order valence-electron chi connectivity index (χ3n) is 3.17. The fraction of sp³-hybridized carbons (Fsp3) is 0.333. The van der Waals surface area contributed by atoms with E-state index in [0.717, 1.165) is 17.7 Å². The average molecular weight is 273 g/mol. The zero-order chi connectivity index (χ0) is 14.5. The van der Waals surface area contributed by atoms with Crippen molar-refractivity contribution in [1.29, 1.82) is 0 Å². The van der Waals surface area contributed by atoms with Crippen molar-refractivity contribution >= 4 is 0 Å². The molecule has 0 unspecified atom stereocenters. The standard InChI is InChI=1S/C15H19N3O2/c1-11-17-14(10-15(19)18(11)9-3-8-16)12-4-6-13(20-2)7-5-12/h4-7,10H,3,8-9,16H2,1-2H3. The normalized spacial score (nSPS) is 10.6. The van der Waals surface area contributed by atoms with E-state index in [2.05, 4.69) is 4.98 Å². The van der Waals surface area contributed by atoms with Crippen LogP contribution in [0.3, 0.4) is 0 Å². The lowest BCUT2D eigenvalue weighted by Crippen LogP contribution is -2.24. The van der Waals surface area contributed by atoms with Crippen LogP contribution in [-0.4, -0.2) is 23.2 Å². The Morgan fingerprint density at radius 1 is 1.30 bits per heavy atom. The largest absolute Gasteiger partial charge is 0.497 e. The van der Waals surface area contributed by atoms with Crippen molar-refractivity contribution in [3.8, 4) is 17.0 Å². The molecular weight excluding hydrogens is 254 g/mol. The summed E-state index contributed by atoms with van der Waals surface area (Å²) in [5.41, 5.74) is 7.01. The first kappa shape index (κ1) is 14.3. The number of ether oxygens (including phenoxy) is 1. The van der Waals surface area contributed by atoms with Crippen LogP contribution in [0.4, 0.5) is 0 Å². The zero-order valence-corrected chi connectivity index (χ0v) is 11.8. The van der Waals surface area contributed by atoms with Crippen molar-refractivity contribution in [1.82, 2.24) is 9.55 Å². The molecular formula is C15H19N3O2. The Labute approximate surface area is 118 Å². The summed E-state index contributed by atoms with van der Waals surface area (Å²) in [5, 5.41) is 0. The van der Waals surface area contributed by atoms with E-state index in [1.54, 1.807) is 17.7 Å². The van der Waals surface area contributed by atoms with E-state index in [9.17, 15) is 4.79 Å². The highest BCUT2D eigenvalue weighted by molar-refractivity contribution is 5.59. The third kappa shape index (κ3) is 3.05. The molecule has 0 amide bonds. The van der Waals surface area contributed by atoms with Gasteiger partial charge in [-0.15, -0.1) is 0 Å². The first-order valence-electron chi connectivity index (χ1n) is 6.58. The topological polar surface area (TPSA) is 70.1 Å². The lowest BCUT2D eigenvalue weighted by atomic mass is 10.1. The summed E-state index contributed by atoms with van der Waals surface area (Å²) in [5.74, 6) is 1.48. The summed E-state index contributed by atoms with van der Waals surface area (Å²) in [4.78, 5) is 16.6. The lowest BCUT2D eigenvalue weighted by molar-refractivity contribution is 0.415. The van der Waals surface area contributed by atoms with Gasteiger partial charge in [-0.2, -0.15) is 0 Å². The monoisotopic (exact) mass is 273 g/mol. The molecule has 0 aliphatic rings. The number of rotatable bonds is 5. The minimum atomic E-state index is -0.0447. The maximum atomic E-state index is 12.1. The number of aryl methyl sites for hydroxylation is 1. The molecule has 5 heteroatoms. The highest BCUT2D eigenvalue weighted by Crippen LogP contribution is 2.19. The number of hydrogen-bond acceptors (Lipinski definition) is 4. The molecule has 5 nitrogen and oxygen atoms in total. The van der Waals surface area contributed by atoms with Gasteiger partial charge in [0, 0.05) is 18.2 Å². The van der Waals surface area contributed by atoms with E-state index in [4.69, 9.17) is 10.5 Å². The maximum absolute atomic E-state index is 12.1. The van der Waals surface area contributed by atoms with Crippen LogP contribution in [0.1, 0.15) is 12.2 Å². The Hall–Kier alpha value is -2.14. The number of methoxy groups -OCH3 is 1. The second kappa shape index (κ2) is 6.34. The van der Waals surface area contributed by atoms with Crippen molar-refractivity contribution in [2.75, 3.05) is 13.7 Å². The van der Waals surface area contributed by atoms with Crippen LogP contribution in [0.25, 0.3) is 11.3 Å². The first-order valence-corrected chi connectivity index (χ1v) is 6.58. The van der Waals surface area contributed by atoms with Crippen molar-refractivity contribution in [2.45, 2.75) is 19.9 Å². The summed E-state index contributed by atoms with van der Waals surface area (Å²) >= 11 is 0. The Morgan fingerprint density at radius 3 is 2.55 bits per heavy atom. The molecule has 20 heavy (non-hydrogen) atoms. The Morgan fingerprint density at radius 2 is 2.00 bits per heavy atom. The van der Waals surface area contributed by atoms with Crippen LogP contribution in [0.5, 0.6) is 5.75 Å². The number of hydrogen-bond donors (Lipinski definition) is 1. The molecule has 0 saturated heterocycles. The number of benzene rings is 1. The number of aromatic nitrogens is 2. The molecule has 0 bridgehead atoms. The van der Waals surface area contributed by atoms with Crippen LogP contribution in [0.15, 0.2) is 35.1 Å². The predicted molar refractivity (Wildman–Crippen MR) is 78.9 cm³/mol. The van der Waals surface area contributed by atoms with E-state index >= 15 is 0 Å². The minimum Gasteiger partial charge on any atom is -0.497 e.